The standard InChI is InChI=1S/C33H19Br2N3O2/c34-25-18-29-30(19-26(25)35)40-28-17-24(15-16-27(28)39-29)20-11-13-23(14-12-20)33-37-31(21-7-3-1-4-8-21)36-32(38-33)22-9-5-2-6-10-22/h1-19H. The molecule has 2 heterocycles. The molecule has 0 atom stereocenters. The Hall–Kier alpha value is -4.33. The van der Waals surface area contributed by atoms with Gasteiger partial charge in [0.05, 0.1) is 0 Å². The van der Waals surface area contributed by atoms with Crippen molar-refractivity contribution in [2.24, 2.45) is 0 Å². The van der Waals surface area contributed by atoms with E-state index in [2.05, 4.69) is 44.0 Å². The van der Waals surface area contributed by atoms with Gasteiger partial charge in [-0.15, -0.1) is 0 Å². The van der Waals surface area contributed by atoms with E-state index in [1.807, 2.05) is 103 Å². The quantitative estimate of drug-likeness (QED) is 0.190. The zero-order valence-electron chi connectivity index (χ0n) is 20.9. The molecule has 1 aliphatic rings. The molecule has 0 saturated carbocycles. The summed E-state index contributed by atoms with van der Waals surface area (Å²) in [7, 11) is 0. The number of ether oxygens (including phenoxy) is 2. The van der Waals surface area contributed by atoms with Gasteiger partial charge in [0.25, 0.3) is 0 Å². The predicted octanol–water partition coefficient (Wildman–Crippen LogP) is 9.96. The van der Waals surface area contributed by atoms with Gasteiger partial charge in [0, 0.05) is 37.8 Å². The van der Waals surface area contributed by atoms with Crippen LogP contribution in [0.15, 0.2) is 124 Å². The van der Waals surface area contributed by atoms with Crippen LogP contribution in [0.4, 0.5) is 0 Å². The van der Waals surface area contributed by atoms with Crippen LogP contribution >= 0.6 is 31.9 Å². The number of rotatable bonds is 4. The van der Waals surface area contributed by atoms with Gasteiger partial charge in [0.1, 0.15) is 0 Å². The minimum Gasteiger partial charge on any atom is -0.449 e. The van der Waals surface area contributed by atoms with E-state index in [0.29, 0.717) is 40.5 Å². The molecule has 0 aliphatic carbocycles. The van der Waals surface area contributed by atoms with Gasteiger partial charge in [0.2, 0.25) is 0 Å². The first-order valence-electron chi connectivity index (χ1n) is 12.6. The third-order valence-corrected chi connectivity index (χ3v) is 8.39. The second-order valence-corrected chi connectivity index (χ2v) is 10.9. The molecule has 0 N–H and O–H groups in total. The Morgan fingerprint density at radius 1 is 0.375 bits per heavy atom. The molecular weight excluding hydrogens is 630 g/mol. The number of fused-ring (bicyclic) bond motifs is 2. The van der Waals surface area contributed by atoms with Crippen molar-refractivity contribution in [3.63, 3.8) is 0 Å². The number of hydrogen-bond donors (Lipinski definition) is 0. The summed E-state index contributed by atoms with van der Waals surface area (Å²) >= 11 is 7.05. The number of aromatic nitrogens is 3. The average Bonchev–Trinajstić information content (AvgIpc) is 3.01. The van der Waals surface area contributed by atoms with Crippen LogP contribution < -0.4 is 9.47 Å². The summed E-state index contributed by atoms with van der Waals surface area (Å²) in [4.78, 5) is 14.4. The lowest BCUT2D eigenvalue weighted by atomic mass is 10.0. The van der Waals surface area contributed by atoms with Crippen molar-refractivity contribution in [3.05, 3.63) is 124 Å². The first kappa shape index (κ1) is 24.7. The van der Waals surface area contributed by atoms with E-state index >= 15 is 0 Å². The lowest BCUT2D eigenvalue weighted by molar-refractivity contribution is 0.359. The highest BCUT2D eigenvalue weighted by atomic mass is 79.9. The van der Waals surface area contributed by atoms with Crippen molar-refractivity contribution in [2.45, 2.75) is 0 Å². The summed E-state index contributed by atoms with van der Waals surface area (Å²) in [6, 6.07) is 37.9. The molecule has 1 aromatic heterocycles. The molecule has 0 unspecified atom stereocenters. The minimum atomic E-state index is 0.620. The third-order valence-electron chi connectivity index (χ3n) is 6.55. The fourth-order valence-electron chi connectivity index (χ4n) is 4.51. The lowest BCUT2D eigenvalue weighted by Gasteiger charge is -2.22. The van der Waals surface area contributed by atoms with Gasteiger partial charge in [-0.25, -0.2) is 15.0 Å². The van der Waals surface area contributed by atoms with Crippen LogP contribution in [0.25, 0.3) is 45.3 Å². The van der Waals surface area contributed by atoms with E-state index in [0.717, 1.165) is 36.8 Å². The summed E-state index contributed by atoms with van der Waals surface area (Å²) in [6.07, 6.45) is 0. The summed E-state index contributed by atoms with van der Waals surface area (Å²) in [6.45, 7) is 0. The van der Waals surface area contributed by atoms with Crippen LogP contribution in [0, 0.1) is 0 Å². The molecule has 7 rings (SSSR count). The maximum Gasteiger partial charge on any atom is 0.171 e. The molecule has 0 radical (unpaired) electrons. The molecule has 0 bridgehead atoms. The topological polar surface area (TPSA) is 57.1 Å². The highest BCUT2D eigenvalue weighted by Crippen LogP contribution is 2.49. The van der Waals surface area contributed by atoms with E-state index in [1.54, 1.807) is 0 Å². The smallest absolute Gasteiger partial charge is 0.171 e. The predicted molar refractivity (Wildman–Crippen MR) is 164 cm³/mol. The Labute approximate surface area is 247 Å². The monoisotopic (exact) mass is 647 g/mol. The van der Waals surface area contributed by atoms with Crippen LogP contribution in [0.5, 0.6) is 23.0 Å². The molecule has 5 nitrogen and oxygen atoms in total. The second kappa shape index (κ2) is 10.3. The zero-order valence-corrected chi connectivity index (χ0v) is 24.1. The highest BCUT2D eigenvalue weighted by molar-refractivity contribution is 9.13. The first-order chi connectivity index (χ1) is 19.6. The molecule has 7 heteroatoms. The molecular formula is C33H19Br2N3O2. The molecule has 192 valence electrons. The maximum absolute atomic E-state index is 6.18. The van der Waals surface area contributed by atoms with E-state index in [1.165, 1.54) is 0 Å². The van der Waals surface area contributed by atoms with E-state index in [9.17, 15) is 0 Å². The summed E-state index contributed by atoms with van der Waals surface area (Å²) in [5, 5.41) is 0. The molecule has 0 spiro atoms. The van der Waals surface area contributed by atoms with Gasteiger partial charge in [-0.05, 0) is 55.1 Å². The second-order valence-electron chi connectivity index (χ2n) is 9.19. The van der Waals surface area contributed by atoms with E-state index < -0.39 is 0 Å². The lowest BCUT2D eigenvalue weighted by Crippen LogP contribution is -2.00. The number of hydrogen-bond acceptors (Lipinski definition) is 5. The Morgan fingerprint density at radius 3 is 1.30 bits per heavy atom. The van der Waals surface area contributed by atoms with Crippen LogP contribution in [0.1, 0.15) is 0 Å². The first-order valence-corrected chi connectivity index (χ1v) is 14.2. The Morgan fingerprint density at radius 2 is 0.775 bits per heavy atom. The van der Waals surface area contributed by atoms with E-state index in [-0.39, 0.29) is 0 Å². The molecule has 1 aliphatic heterocycles. The molecule has 0 fully saturated rings. The van der Waals surface area contributed by atoms with Gasteiger partial charge in [-0.2, -0.15) is 0 Å². The van der Waals surface area contributed by atoms with Gasteiger partial charge >= 0.3 is 0 Å². The number of halogens is 2. The van der Waals surface area contributed by atoms with Crippen LogP contribution in [-0.4, -0.2) is 15.0 Å². The van der Waals surface area contributed by atoms with Crippen molar-refractivity contribution < 1.29 is 9.47 Å². The number of benzene rings is 5. The van der Waals surface area contributed by atoms with Crippen LogP contribution in [-0.2, 0) is 0 Å². The number of nitrogens with zero attached hydrogens (tertiary/aromatic N) is 3. The normalized spacial score (nSPS) is 11.7. The molecule has 6 aromatic rings. The Balaban J connectivity index is 1.22. The average molecular weight is 649 g/mol. The summed E-state index contributed by atoms with van der Waals surface area (Å²) in [5.41, 5.74) is 4.84. The largest absolute Gasteiger partial charge is 0.449 e. The summed E-state index contributed by atoms with van der Waals surface area (Å²) < 4.78 is 14.1. The molecule has 5 aromatic carbocycles. The van der Waals surface area contributed by atoms with Crippen molar-refractivity contribution in [2.75, 3.05) is 0 Å². The highest BCUT2D eigenvalue weighted by Gasteiger charge is 2.21. The zero-order chi connectivity index (χ0) is 27.1. The van der Waals surface area contributed by atoms with Crippen molar-refractivity contribution in [1.82, 2.24) is 15.0 Å². The third kappa shape index (κ3) is 4.78. The fraction of sp³-hybridized carbons (Fsp3) is 0. The van der Waals surface area contributed by atoms with E-state index in [4.69, 9.17) is 24.4 Å². The Bertz CT molecular complexity index is 1800. The molecule has 0 amide bonds. The van der Waals surface area contributed by atoms with Gasteiger partial charge in [-0.1, -0.05) is 91.0 Å². The van der Waals surface area contributed by atoms with Gasteiger partial charge in [0.15, 0.2) is 40.5 Å². The van der Waals surface area contributed by atoms with Crippen molar-refractivity contribution in [3.8, 4) is 68.3 Å². The molecule has 0 saturated heterocycles. The van der Waals surface area contributed by atoms with Crippen LogP contribution in [0.2, 0.25) is 0 Å². The van der Waals surface area contributed by atoms with Gasteiger partial charge < -0.3 is 9.47 Å². The fourth-order valence-corrected chi connectivity index (χ4v) is 5.15. The Kier molecular flexibility index (Phi) is 6.38. The van der Waals surface area contributed by atoms with Crippen LogP contribution in [0.3, 0.4) is 0 Å². The summed E-state index contributed by atoms with van der Waals surface area (Å²) in [5.74, 6) is 4.57. The van der Waals surface area contributed by atoms with Crippen molar-refractivity contribution in [1.29, 1.82) is 0 Å². The van der Waals surface area contributed by atoms with Gasteiger partial charge in [-0.3, -0.25) is 0 Å². The minimum absolute atomic E-state index is 0.620. The SMILES string of the molecule is Brc1cc2c(cc1Br)Oc1cc(-c3ccc(-c4nc(-c5ccccc5)nc(-c5ccccc5)n4)cc3)ccc1O2. The van der Waals surface area contributed by atoms with Crippen molar-refractivity contribution >= 4 is 31.9 Å². The maximum atomic E-state index is 6.18. The molecule has 40 heavy (non-hydrogen) atoms.